The highest BCUT2D eigenvalue weighted by molar-refractivity contribution is 6.31. The Morgan fingerprint density at radius 2 is 1.72 bits per heavy atom. The number of barbiturate groups is 1. The average molecular weight is 435 g/mol. The van der Waals surface area contributed by atoms with Gasteiger partial charge in [0.25, 0.3) is 11.8 Å². The number of carbonyl (C=O) groups is 4. The SMILES string of the molecule is Cc1cc(/C=C2\C(=O)NC(=O)N(C3CCCCC3)C2=O)c(C)n1-c1ccc(C(=O)O)cc1. The third kappa shape index (κ3) is 3.84. The molecule has 2 aliphatic rings. The van der Waals surface area contributed by atoms with Crippen LogP contribution < -0.4 is 5.32 Å². The molecule has 0 radical (unpaired) electrons. The van der Waals surface area contributed by atoms with Gasteiger partial charge in [-0.3, -0.25) is 19.8 Å². The van der Waals surface area contributed by atoms with Gasteiger partial charge >= 0.3 is 12.0 Å². The zero-order valence-corrected chi connectivity index (χ0v) is 18.1. The molecule has 1 aliphatic heterocycles. The summed E-state index contributed by atoms with van der Waals surface area (Å²) in [4.78, 5) is 50.4. The van der Waals surface area contributed by atoms with Crippen molar-refractivity contribution in [2.45, 2.75) is 52.0 Å². The van der Waals surface area contributed by atoms with Gasteiger partial charge in [-0.25, -0.2) is 9.59 Å². The summed E-state index contributed by atoms with van der Waals surface area (Å²) in [5, 5.41) is 11.4. The van der Waals surface area contributed by atoms with Crippen LogP contribution in [0.5, 0.6) is 0 Å². The molecule has 2 aromatic rings. The van der Waals surface area contributed by atoms with Crippen molar-refractivity contribution in [3.63, 3.8) is 0 Å². The number of hydrogen-bond acceptors (Lipinski definition) is 4. The highest BCUT2D eigenvalue weighted by atomic mass is 16.4. The molecule has 0 unspecified atom stereocenters. The fraction of sp³-hybridized carbons (Fsp3) is 0.333. The van der Waals surface area contributed by atoms with Crippen LogP contribution in [-0.2, 0) is 9.59 Å². The molecule has 0 spiro atoms. The zero-order chi connectivity index (χ0) is 23.0. The molecule has 1 aromatic heterocycles. The van der Waals surface area contributed by atoms with E-state index >= 15 is 0 Å². The summed E-state index contributed by atoms with van der Waals surface area (Å²) >= 11 is 0. The van der Waals surface area contributed by atoms with E-state index in [1.807, 2.05) is 24.5 Å². The van der Waals surface area contributed by atoms with Gasteiger partial charge in [-0.05, 0) is 68.7 Å². The minimum absolute atomic E-state index is 0.0587. The van der Waals surface area contributed by atoms with Crippen LogP contribution in [0.1, 0.15) is 59.4 Å². The summed E-state index contributed by atoms with van der Waals surface area (Å²) in [7, 11) is 0. The van der Waals surface area contributed by atoms with E-state index in [4.69, 9.17) is 5.11 Å². The molecule has 1 saturated heterocycles. The van der Waals surface area contributed by atoms with Crippen molar-refractivity contribution in [1.29, 1.82) is 0 Å². The van der Waals surface area contributed by atoms with Crippen molar-refractivity contribution in [1.82, 2.24) is 14.8 Å². The highest BCUT2D eigenvalue weighted by Crippen LogP contribution is 2.28. The van der Waals surface area contributed by atoms with Gasteiger partial charge in [0.15, 0.2) is 0 Å². The second kappa shape index (κ2) is 8.45. The van der Waals surface area contributed by atoms with Crippen molar-refractivity contribution < 1.29 is 24.3 Å². The maximum absolute atomic E-state index is 13.1. The van der Waals surface area contributed by atoms with Crippen molar-refractivity contribution in [3.8, 4) is 5.69 Å². The van der Waals surface area contributed by atoms with E-state index in [0.29, 0.717) is 5.56 Å². The largest absolute Gasteiger partial charge is 0.478 e. The van der Waals surface area contributed by atoms with E-state index < -0.39 is 23.8 Å². The summed E-state index contributed by atoms with van der Waals surface area (Å²) in [6.45, 7) is 3.75. The minimum atomic E-state index is -0.998. The van der Waals surface area contributed by atoms with Crippen molar-refractivity contribution in [3.05, 3.63) is 58.4 Å². The Hall–Kier alpha value is -3.68. The lowest BCUT2D eigenvalue weighted by Crippen LogP contribution is -2.58. The fourth-order valence-corrected chi connectivity index (χ4v) is 4.58. The molecule has 8 nitrogen and oxygen atoms in total. The molecule has 4 rings (SSSR count). The van der Waals surface area contributed by atoms with Crippen LogP contribution in [0.25, 0.3) is 11.8 Å². The number of urea groups is 1. The highest BCUT2D eigenvalue weighted by Gasteiger charge is 2.40. The van der Waals surface area contributed by atoms with E-state index in [1.165, 1.54) is 23.1 Å². The van der Waals surface area contributed by atoms with Crippen LogP contribution in [-0.4, -0.2) is 44.4 Å². The van der Waals surface area contributed by atoms with Crippen molar-refractivity contribution in [2.24, 2.45) is 0 Å². The second-order valence-electron chi connectivity index (χ2n) is 8.30. The topological polar surface area (TPSA) is 109 Å². The Bertz CT molecular complexity index is 1140. The molecular weight excluding hydrogens is 410 g/mol. The van der Waals surface area contributed by atoms with E-state index in [-0.39, 0.29) is 17.2 Å². The van der Waals surface area contributed by atoms with Gasteiger partial charge in [-0.1, -0.05) is 19.3 Å². The molecule has 1 aliphatic carbocycles. The van der Waals surface area contributed by atoms with E-state index in [2.05, 4.69) is 5.32 Å². The molecule has 2 fully saturated rings. The van der Waals surface area contributed by atoms with Crippen LogP contribution in [0.15, 0.2) is 35.9 Å². The van der Waals surface area contributed by atoms with Crippen molar-refractivity contribution in [2.75, 3.05) is 0 Å². The van der Waals surface area contributed by atoms with E-state index in [9.17, 15) is 19.2 Å². The number of nitrogens with zero attached hydrogens (tertiary/aromatic N) is 2. The van der Waals surface area contributed by atoms with Gasteiger partial charge in [0.1, 0.15) is 5.57 Å². The fourth-order valence-electron chi connectivity index (χ4n) is 4.58. The number of aromatic nitrogens is 1. The number of carboxylic acid groups (broad SMARTS) is 1. The van der Waals surface area contributed by atoms with Gasteiger partial charge in [0.2, 0.25) is 0 Å². The Balaban J connectivity index is 1.69. The summed E-state index contributed by atoms with van der Waals surface area (Å²) in [5.41, 5.74) is 3.24. The van der Waals surface area contributed by atoms with E-state index in [0.717, 1.165) is 49.2 Å². The Morgan fingerprint density at radius 3 is 2.34 bits per heavy atom. The number of benzene rings is 1. The number of hydrogen-bond donors (Lipinski definition) is 2. The standard InChI is InChI=1S/C24H25N3O5/c1-14-12-17(15(2)26(14)19-10-8-16(9-11-19)23(30)31)13-20-21(28)25-24(32)27(22(20)29)18-6-4-3-5-7-18/h8-13,18H,3-7H2,1-2H3,(H,30,31)(H,25,28,32)/b20-13+. The zero-order valence-electron chi connectivity index (χ0n) is 18.1. The number of imide groups is 2. The normalized spacial score (nSPS) is 18.9. The van der Waals surface area contributed by atoms with Gasteiger partial charge in [0, 0.05) is 23.1 Å². The smallest absolute Gasteiger partial charge is 0.335 e. The lowest BCUT2D eigenvalue weighted by Gasteiger charge is -2.35. The molecule has 0 bridgehead atoms. The van der Waals surface area contributed by atoms with Gasteiger partial charge in [-0.15, -0.1) is 0 Å². The Kier molecular flexibility index (Phi) is 5.69. The molecule has 8 heteroatoms. The summed E-state index contributed by atoms with van der Waals surface area (Å²) in [6, 6.07) is 7.50. The molecule has 2 heterocycles. The average Bonchev–Trinajstić information content (AvgIpc) is 3.04. The molecule has 1 saturated carbocycles. The van der Waals surface area contributed by atoms with Crippen LogP contribution in [0.4, 0.5) is 4.79 Å². The maximum Gasteiger partial charge on any atom is 0.335 e. The first-order chi connectivity index (χ1) is 15.3. The predicted octanol–water partition coefficient (Wildman–Crippen LogP) is 3.59. The maximum atomic E-state index is 13.1. The van der Waals surface area contributed by atoms with Crippen LogP contribution in [0, 0.1) is 13.8 Å². The number of carbonyl (C=O) groups excluding carboxylic acids is 3. The molecule has 4 amide bonds. The second-order valence-corrected chi connectivity index (χ2v) is 8.30. The van der Waals surface area contributed by atoms with E-state index in [1.54, 1.807) is 12.1 Å². The minimum Gasteiger partial charge on any atom is -0.478 e. The Morgan fingerprint density at radius 1 is 1.06 bits per heavy atom. The number of nitrogens with one attached hydrogen (secondary N) is 1. The number of aromatic carboxylic acids is 1. The summed E-state index contributed by atoms with van der Waals surface area (Å²) < 4.78 is 1.92. The molecule has 2 N–H and O–H groups in total. The lowest BCUT2D eigenvalue weighted by molar-refractivity contribution is -0.132. The monoisotopic (exact) mass is 435 g/mol. The van der Waals surface area contributed by atoms with Crippen LogP contribution >= 0.6 is 0 Å². The molecule has 0 atom stereocenters. The first kappa shape index (κ1) is 21.5. The molecule has 166 valence electrons. The van der Waals surface area contributed by atoms with Gasteiger partial charge in [-0.2, -0.15) is 0 Å². The molecular formula is C24H25N3O5. The molecule has 1 aromatic carbocycles. The third-order valence-corrected chi connectivity index (χ3v) is 6.22. The summed E-state index contributed by atoms with van der Waals surface area (Å²) in [5.74, 6) is -2.24. The number of carboxylic acids is 1. The number of aryl methyl sites for hydroxylation is 1. The Labute approximate surface area is 185 Å². The van der Waals surface area contributed by atoms with Gasteiger partial charge < -0.3 is 9.67 Å². The van der Waals surface area contributed by atoms with Crippen LogP contribution in [0.2, 0.25) is 0 Å². The quantitative estimate of drug-likeness (QED) is 0.564. The first-order valence-corrected chi connectivity index (χ1v) is 10.7. The first-order valence-electron chi connectivity index (χ1n) is 10.7. The van der Waals surface area contributed by atoms with Crippen LogP contribution in [0.3, 0.4) is 0 Å². The van der Waals surface area contributed by atoms with Crippen molar-refractivity contribution >= 4 is 29.9 Å². The number of amides is 4. The third-order valence-electron chi connectivity index (χ3n) is 6.22. The lowest BCUT2D eigenvalue weighted by atomic mass is 9.93. The predicted molar refractivity (Wildman–Crippen MR) is 117 cm³/mol. The number of rotatable bonds is 4. The van der Waals surface area contributed by atoms with Gasteiger partial charge in [0.05, 0.1) is 5.56 Å². The molecule has 32 heavy (non-hydrogen) atoms. The summed E-state index contributed by atoms with van der Waals surface area (Å²) in [6.07, 6.45) is 6.03.